The molecule has 2 aliphatic heterocycles. The molecule has 1 unspecified atom stereocenters. The van der Waals surface area contributed by atoms with Crippen LogP contribution in [0.15, 0.2) is 0 Å². The number of hydrogen-bond acceptors (Lipinski definition) is 3. The van der Waals surface area contributed by atoms with Crippen molar-refractivity contribution in [3.63, 3.8) is 0 Å². The summed E-state index contributed by atoms with van der Waals surface area (Å²) < 4.78 is 16.5. The summed E-state index contributed by atoms with van der Waals surface area (Å²) in [5.41, 5.74) is 0.330. The van der Waals surface area contributed by atoms with E-state index in [1.807, 2.05) is 0 Å². The Hall–Kier alpha value is -0.120. The lowest BCUT2D eigenvalue weighted by Crippen LogP contribution is -2.45. The summed E-state index contributed by atoms with van der Waals surface area (Å²) >= 11 is 0. The van der Waals surface area contributed by atoms with Crippen LogP contribution in [0, 0.1) is 5.41 Å². The molecule has 0 amide bonds. The molecule has 88 valence electrons. The molecule has 0 aliphatic carbocycles. The summed E-state index contributed by atoms with van der Waals surface area (Å²) in [7, 11) is 0. The predicted molar refractivity (Wildman–Crippen MR) is 58.0 cm³/mol. The van der Waals surface area contributed by atoms with Gasteiger partial charge in [-0.1, -0.05) is 6.92 Å². The van der Waals surface area contributed by atoms with Gasteiger partial charge in [-0.25, -0.2) is 0 Å². The minimum Gasteiger partial charge on any atom is -0.381 e. The fourth-order valence-electron chi connectivity index (χ4n) is 2.16. The summed E-state index contributed by atoms with van der Waals surface area (Å²) in [6.45, 7) is 6.61. The van der Waals surface area contributed by atoms with Crippen LogP contribution >= 0.6 is 0 Å². The molecular formula is C12H22O3. The van der Waals surface area contributed by atoms with Gasteiger partial charge >= 0.3 is 0 Å². The Labute approximate surface area is 92.1 Å². The normalized spacial score (nSPS) is 29.0. The average Bonchev–Trinajstić information content (AvgIpc) is 2.68. The molecule has 0 bridgehead atoms. The van der Waals surface area contributed by atoms with Crippen molar-refractivity contribution in [2.45, 2.75) is 38.7 Å². The molecule has 3 heteroatoms. The molecule has 2 aliphatic rings. The van der Waals surface area contributed by atoms with Crippen LogP contribution in [0.5, 0.6) is 0 Å². The zero-order valence-corrected chi connectivity index (χ0v) is 9.67. The van der Waals surface area contributed by atoms with E-state index in [0.717, 1.165) is 45.9 Å². The molecule has 2 heterocycles. The summed E-state index contributed by atoms with van der Waals surface area (Å²) in [4.78, 5) is 0. The highest BCUT2D eigenvalue weighted by atomic mass is 16.5. The van der Waals surface area contributed by atoms with Crippen molar-refractivity contribution >= 4 is 0 Å². The lowest BCUT2D eigenvalue weighted by Gasteiger charge is -2.40. The van der Waals surface area contributed by atoms with Gasteiger partial charge in [0.1, 0.15) is 0 Å². The van der Waals surface area contributed by atoms with Gasteiger partial charge in [-0.05, 0) is 25.7 Å². The van der Waals surface area contributed by atoms with Crippen LogP contribution in [0.3, 0.4) is 0 Å². The van der Waals surface area contributed by atoms with Crippen LogP contribution in [0.4, 0.5) is 0 Å². The lowest BCUT2D eigenvalue weighted by atomic mass is 9.84. The topological polar surface area (TPSA) is 27.7 Å². The molecule has 0 spiro atoms. The molecule has 0 aromatic rings. The van der Waals surface area contributed by atoms with Gasteiger partial charge in [0.05, 0.1) is 25.9 Å². The molecule has 0 saturated carbocycles. The van der Waals surface area contributed by atoms with Crippen LogP contribution in [0.2, 0.25) is 0 Å². The quantitative estimate of drug-likeness (QED) is 0.633. The predicted octanol–water partition coefficient (Wildman–Crippen LogP) is 2.00. The Morgan fingerprint density at radius 3 is 2.80 bits per heavy atom. The smallest absolute Gasteiger partial charge is 0.0597 e. The third-order valence-electron chi connectivity index (χ3n) is 3.58. The summed E-state index contributed by atoms with van der Waals surface area (Å²) in [5.74, 6) is 0. The maximum atomic E-state index is 5.73. The van der Waals surface area contributed by atoms with Crippen LogP contribution in [0.1, 0.15) is 32.6 Å². The van der Waals surface area contributed by atoms with E-state index in [-0.39, 0.29) is 0 Å². The summed E-state index contributed by atoms with van der Waals surface area (Å²) in [6, 6.07) is 0. The van der Waals surface area contributed by atoms with Crippen LogP contribution in [-0.4, -0.2) is 39.1 Å². The molecule has 15 heavy (non-hydrogen) atoms. The SMILES string of the molecule is CCC1(COCCC2CCCO2)COC1. The van der Waals surface area contributed by atoms with Crippen molar-refractivity contribution in [2.75, 3.05) is 33.0 Å². The van der Waals surface area contributed by atoms with Gasteiger partial charge in [-0.2, -0.15) is 0 Å². The molecule has 0 N–H and O–H groups in total. The van der Waals surface area contributed by atoms with Crippen LogP contribution < -0.4 is 0 Å². The van der Waals surface area contributed by atoms with E-state index in [4.69, 9.17) is 14.2 Å². The minimum absolute atomic E-state index is 0.330. The van der Waals surface area contributed by atoms with E-state index in [9.17, 15) is 0 Å². The number of hydrogen-bond donors (Lipinski definition) is 0. The molecular weight excluding hydrogens is 192 g/mol. The number of rotatable bonds is 6. The standard InChI is InChI=1S/C12H22O3/c1-2-12(9-14-10-12)8-13-7-5-11-4-3-6-15-11/h11H,2-10H2,1H3. The minimum atomic E-state index is 0.330. The molecule has 1 atom stereocenters. The first-order valence-corrected chi connectivity index (χ1v) is 6.12. The van der Waals surface area contributed by atoms with Gasteiger partial charge in [-0.3, -0.25) is 0 Å². The van der Waals surface area contributed by atoms with E-state index < -0.39 is 0 Å². The van der Waals surface area contributed by atoms with Gasteiger partial charge in [0.2, 0.25) is 0 Å². The first-order chi connectivity index (χ1) is 7.35. The second kappa shape index (κ2) is 5.28. The van der Waals surface area contributed by atoms with E-state index in [1.165, 1.54) is 12.8 Å². The van der Waals surface area contributed by atoms with Gasteiger partial charge in [-0.15, -0.1) is 0 Å². The monoisotopic (exact) mass is 214 g/mol. The highest BCUT2D eigenvalue weighted by Gasteiger charge is 2.36. The number of ether oxygens (including phenoxy) is 3. The van der Waals surface area contributed by atoms with E-state index in [0.29, 0.717) is 11.5 Å². The first-order valence-electron chi connectivity index (χ1n) is 6.12. The van der Waals surface area contributed by atoms with E-state index in [2.05, 4.69) is 6.92 Å². The highest BCUT2D eigenvalue weighted by Crippen LogP contribution is 2.31. The molecule has 2 fully saturated rings. The van der Waals surface area contributed by atoms with Crippen molar-refractivity contribution in [1.29, 1.82) is 0 Å². The zero-order chi connectivity index (χ0) is 10.6. The summed E-state index contributed by atoms with van der Waals surface area (Å²) in [6.07, 6.45) is 5.11. The fourth-order valence-corrected chi connectivity index (χ4v) is 2.16. The van der Waals surface area contributed by atoms with Gasteiger partial charge in [0.25, 0.3) is 0 Å². The van der Waals surface area contributed by atoms with Crippen LogP contribution in [-0.2, 0) is 14.2 Å². The van der Waals surface area contributed by atoms with Crippen molar-refractivity contribution < 1.29 is 14.2 Å². The van der Waals surface area contributed by atoms with Gasteiger partial charge in [0, 0.05) is 18.6 Å². The van der Waals surface area contributed by atoms with Crippen molar-refractivity contribution in [2.24, 2.45) is 5.41 Å². The molecule has 2 rings (SSSR count). The molecule has 0 aromatic heterocycles. The Morgan fingerprint density at radius 2 is 2.27 bits per heavy atom. The van der Waals surface area contributed by atoms with E-state index >= 15 is 0 Å². The molecule has 0 aromatic carbocycles. The van der Waals surface area contributed by atoms with Crippen LogP contribution in [0.25, 0.3) is 0 Å². The highest BCUT2D eigenvalue weighted by molar-refractivity contribution is 4.83. The van der Waals surface area contributed by atoms with Gasteiger partial charge < -0.3 is 14.2 Å². The van der Waals surface area contributed by atoms with Crippen molar-refractivity contribution in [3.05, 3.63) is 0 Å². The molecule has 3 nitrogen and oxygen atoms in total. The Bertz CT molecular complexity index is 178. The largest absolute Gasteiger partial charge is 0.381 e. The molecule has 2 saturated heterocycles. The second-order valence-corrected chi connectivity index (χ2v) is 4.82. The first kappa shape index (κ1) is 11.4. The van der Waals surface area contributed by atoms with Crippen molar-refractivity contribution in [1.82, 2.24) is 0 Å². The summed E-state index contributed by atoms with van der Waals surface area (Å²) in [5, 5.41) is 0. The maximum Gasteiger partial charge on any atom is 0.0597 e. The van der Waals surface area contributed by atoms with Gasteiger partial charge in [0.15, 0.2) is 0 Å². The Morgan fingerprint density at radius 1 is 1.40 bits per heavy atom. The zero-order valence-electron chi connectivity index (χ0n) is 9.67. The lowest BCUT2D eigenvalue weighted by molar-refractivity contribution is -0.151. The third-order valence-corrected chi connectivity index (χ3v) is 3.58. The molecule has 0 radical (unpaired) electrons. The van der Waals surface area contributed by atoms with Crippen molar-refractivity contribution in [3.8, 4) is 0 Å². The van der Waals surface area contributed by atoms with E-state index in [1.54, 1.807) is 0 Å². The Balaban J connectivity index is 1.54. The average molecular weight is 214 g/mol. The maximum absolute atomic E-state index is 5.73. The Kier molecular flexibility index (Phi) is 4.00. The fraction of sp³-hybridized carbons (Fsp3) is 1.00. The second-order valence-electron chi connectivity index (χ2n) is 4.82. The third kappa shape index (κ3) is 2.92.